The molecule has 5 heteroatoms. The second-order valence-electron chi connectivity index (χ2n) is 5.69. The Labute approximate surface area is 117 Å². The van der Waals surface area contributed by atoms with Gasteiger partial charge in [-0.05, 0) is 43.6 Å². The van der Waals surface area contributed by atoms with Crippen molar-refractivity contribution in [3.05, 3.63) is 23.0 Å². The van der Waals surface area contributed by atoms with Crippen molar-refractivity contribution < 1.29 is 4.79 Å². The van der Waals surface area contributed by atoms with E-state index in [4.69, 9.17) is 17.3 Å². The number of amides is 1. The highest BCUT2D eigenvalue weighted by Gasteiger charge is 2.32. The van der Waals surface area contributed by atoms with Gasteiger partial charge >= 0.3 is 0 Å². The third kappa shape index (κ3) is 3.18. The molecular formula is C14H18ClN3O. The first-order valence-corrected chi connectivity index (χ1v) is 7.21. The zero-order valence-electron chi connectivity index (χ0n) is 10.8. The SMILES string of the molecule is Nc1cnc(Cl)cc1C(=O)N(CC1CC1)CC1CC1. The summed E-state index contributed by atoms with van der Waals surface area (Å²) in [7, 11) is 0. The molecule has 4 nitrogen and oxygen atoms in total. The Morgan fingerprint density at radius 3 is 2.42 bits per heavy atom. The molecule has 2 N–H and O–H groups in total. The Morgan fingerprint density at radius 1 is 1.32 bits per heavy atom. The summed E-state index contributed by atoms with van der Waals surface area (Å²) in [5, 5.41) is 0.315. The van der Waals surface area contributed by atoms with E-state index in [1.807, 2.05) is 4.90 Å². The third-order valence-electron chi connectivity index (χ3n) is 3.77. The number of anilines is 1. The first kappa shape index (κ1) is 12.7. The fourth-order valence-corrected chi connectivity index (χ4v) is 2.42. The molecule has 102 valence electrons. The summed E-state index contributed by atoms with van der Waals surface area (Å²) in [4.78, 5) is 18.5. The van der Waals surface area contributed by atoms with Gasteiger partial charge in [0.2, 0.25) is 0 Å². The van der Waals surface area contributed by atoms with E-state index in [1.165, 1.54) is 31.9 Å². The molecule has 0 bridgehead atoms. The lowest BCUT2D eigenvalue weighted by molar-refractivity contribution is 0.0740. The zero-order valence-corrected chi connectivity index (χ0v) is 11.6. The van der Waals surface area contributed by atoms with Gasteiger partial charge in [-0.15, -0.1) is 0 Å². The van der Waals surface area contributed by atoms with Gasteiger partial charge in [0.1, 0.15) is 5.15 Å². The molecule has 0 radical (unpaired) electrons. The Morgan fingerprint density at radius 2 is 1.89 bits per heavy atom. The smallest absolute Gasteiger partial charge is 0.256 e. The summed E-state index contributed by atoms with van der Waals surface area (Å²) in [5.41, 5.74) is 6.75. The van der Waals surface area contributed by atoms with Crippen molar-refractivity contribution in [2.24, 2.45) is 11.8 Å². The van der Waals surface area contributed by atoms with Gasteiger partial charge in [0.05, 0.1) is 17.4 Å². The molecule has 0 spiro atoms. The van der Waals surface area contributed by atoms with Crippen LogP contribution in [0.4, 0.5) is 5.69 Å². The molecule has 1 amide bonds. The maximum atomic E-state index is 12.6. The van der Waals surface area contributed by atoms with Crippen LogP contribution in [-0.4, -0.2) is 28.9 Å². The molecule has 0 saturated heterocycles. The van der Waals surface area contributed by atoms with Gasteiger partial charge < -0.3 is 10.6 Å². The quantitative estimate of drug-likeness (QED) is 0.843. The van der Waals surface area contributed by atoms with E-state index in [-0.39, 0.29) is 5.91 Å². The van der Waals surface area contributed by atoms with E-state index in [1.54, 1.807) is 6.07 Å². The van der Waals surface area contributed by atoms with E-state index >= 15 is 0 Å². The first-order valence-electron chi connectivity index (χ1n) is 6.84. The molecule has 1 aromatic heterocycles. The van der Waals surface area contributed by atoms with Crippen LogP contribution >= 0.6 is 11.6 Å². The number of nitrogens with two attached hydrogens (primary N) is 1. The lowest BCUT2D eigenvalue weighted by Gasteiger charge is -2.23. The van der Waals surface area contributed by atoms with Crippen LogP contribution in [-0.2, 0) is 0 Å². The minimum absolute atomic E-state index is 0.000556. The topological polar surface area (TPSA) is 59.2 Å². The number of nitrogen functional groups attached to an aromatic ring is 1. The predicted octanol–water partition coefficient (Wildman–Crippen LogP) is 2.58. The van der Waals surface area contributed by atoms with Gasteiger partial charge in [0, 0.05) is 13.1 Å². The van der Waals surface area contributed by atoms with E-state index in [9.17, 15) is 4.79 Å². The van der Waals surface area contributed by atoms with Crippen LogP contribution in [0.3, 0.4) is 0 Å². The minimum atomic E-state index is 0.000556. The second-order valence-corrected chi connectivity index (χ2v) is 6.08. The van der Waals surface area contributed by atoms with Crippen LogP contribution in [0.1, 0.15) is 36.0 Å². The molecule has 2 aliphatic carbocycles. The molecule has 1 heterocycles. The average Bonchev–Trinajstić information content (AvgIpc) is 3.25. The largest absolute Gasteiger partial charge is 0.397 e. The van der Waals surface area contributed by atoms with Crippen LogP contribution in [0, 0.1) is 11.8 Å². The van der Waals surface area contributed by atoms with Crippen molar-refractivity contribution in [3.8, 4) is 0 Å². The van der Waals surface area contributed by atoms with Crippen LogP contribution in [0.25, 0.3) is 0 Å². The standard InChI is InChI=1S/C14H18ClN3O/c15-13-5-11(12(16)6-17-13)14(19)18(7-9-1-2-9)8-10-3-4-10/h5-6,9-10H,1-4,7-8,16H2. The number of carbonyl (C=O) groups is 1. The molecule has 2 aliphatic rings. The first-order chi connectivity index (χ1) is 9.13. The van der Waals surface area contributed by atoms with Crippen molar-refractivity contribution in [2.45, 2.75) is 25.7 Å². The normalized spacial score (nSPS) is 18.4. The lowest BCUT2D eigenvalue weighted by Crippen LogP contribution is -2.35. The number of halogens is 1. The van der Waals surface area contributed by atoms with E-state index < -0.39 is 0 Å². The highest BCUT2D eigenvalue weighted by atomic mass is 35.5. The number of hydrogen-bond donors (Lipinski definition) is 1. The average molecular weight is 280 g/mol. The maximum absolute atomic E-state index is 12.6. The van der Waals surface area contributed by atoms with Crippen molar-refractivity contribution in [1.82, 2.24) is 9.88 Å². The lowest BCUT2D eigenvalue weighted by atomic mass is 10.2. The summed E-state index contributed by atoms with van der Waals surface area (Å²) in [6.07, 6.45) is 6.41. The van der Waals surface area contributed by atoms with Gasteiger partial charge in [0.15, 0.2) is 0 Å². The van der Waals surface area contributed by atoms with Crippen molar-refractivity contribution >= 4 is 23.2 Å². The minimum Gasteiger partial charge on any atom is -0.397 e. The number of rotatable bonds is 5. The maximum Gasteiger partial charge on any atom is 0.256 e. The number of aromatic nitrogens is 1. The van der Waals surface area contributed by atoms with Gasteiger partial charge in [-0.1, -0.05) is 11.6 Å². The van der Waals surface area contributed by atoms with Crippen molar-refractivity contribution in [3.63, 3.8) is 0 Å². The van der Waals surface area contributed by atoms with E-state index in [0.29, 0.717) is 28.2 Å². The molecular weight excluding hydrogens is 262 g/mol. The Hall–Kier alpha value is -1.29. The summed E-state index contributed by atoms with van der Waals surface area (Å²) < 4.78 is 0. The highest BCUT2D eigenvalue weighted by Crippen LogP contribution is 2.34. The Bertz CT molecular complexity index is 483. The number of hydrogen-bond acceptors (Lipinski definition) is 3. The van der Waals surface area contributed by atoms with Gasteiger partial charge in [-0.2, -0.15) is 0 Å². The fraction of sp³-hybridized carbons (Fsp3) is 0.571. The Kier molecular flexibility index (Phi) is 3.35. The highest BCUT2D eigenvalue weighted by molar-refractivity contribution is 6.29. The van der Waals surface area contributed by atoms with Gasteiger partial charge in [-0.3, -0.25) is 4.79 Å². The van der Waals surface area contributed by atoms with Crippen molar-refractivity contribution in [2.75, 3.05) is 18.8 Å². The molecule has 0 aromatic carbocycles. The van der Waals surface area contributed by atoms with Crippen LogP contribution in [0.15, 0.2) is 12.3 Å². The molecule has 0 atom stereocenters. The molecule has 2 fully saturated rings. The van der Waals surface area contributed by atoms with Crippen LogP contribution < -0.4 is 5.73 Å². The summed E-state index contributed by atoms with van der Waals surface area (Å²) >= 11 is 5.86. The number of pyridine rings is 1. The van der Waals surface area contributed by atoms with E-state index in [2.05, 4.69) is 4.98 Å². The van der Waals surface area contributed by atoms with Crippen LogP contribution in [0.2, 0.25) is 5.15 Å². The van der Waals surface area contributed by atoms with E-state index in [0.717, 1.165) is 13.1 Å². The monoisotopic (exact) mass is 279 g/mol. The second kappa shape index (κ2) is 5.00. The molecule has 2 saturated carbocycles. The Balaban J connectivity index is 1.78. The third-order valence-corrected chi connectivity index (χ3v) is 3.98. The molecule has 3 rings (SSSR count). The van der Waals surface area contributed by atoms with Crippen molar-refractivity contribution in [1.29, 1.82) is 0 Å². The molecule has 0 aliphatic heterocycles. The zero-order chi connectivity index (χ0) is 13.4. The summed E-state index contributed by atoms with van der Waals surface area (Å²) in [6.45, 7) is 1.71. The molecule has 19 heavy (non-hydrogen) atoms. The number of nitrogens with zero attached hydrogens (tertiary/aromatic N) is 2. The molecule has 0 unspecified atom stereocenters. The fourth-order valence-electron chi connectivity index (χ4n) is 2.26. The van der Waals surface area contributed by atoms with Gasteiger partial charge in [-0.25, -0.2) is 4.98 Å². The molecule has 1 aromatic rings. The summed E-state index contributed by atoms with van der Waals surface area (Å²) in [6, 6.07) is 1.58. The van der Waals surface area contributed by atoms with Gasteiger partial charge in [0.25, 0.3) is 5.91 Å². The number of carbonyl (C=O) groups excluding carboxylic acids is 1. The predicted molar refractivity (Wildman–Crippen MR) is 75.0 cm³/mol. The van der Waals surface area contributed by atoms with Crippen LogP contribution in [0.5, 0.6) is 0 Å². The summed E-state index contributed by atoms with van der Waals surface area (Å²) in [5.74, 6) is 1.36.